The molecule has 0 saturated heterocycles. The van der Waals surface area contributed by atoms with Crippen molar-refractivity contribution in [3.63, 3.8) is 0 Å². The number of hydrogen-bond acceptors (Lipinski definition) is 26. The number of methoxy groups -OCH3 is 6. The SMILES string of the molecule is C=C(COC(=O)/C=C\C(C)=O)C(=O)OCCCc1cc2c(OC)c(c1)Cc1cc(CCCOC(=O)C(=C)COC(=O)/C=C\C(=O)OC)cc(c1OC)Cc1cc(CCCOC(=O)C(=C)COC(=O)/C=C\C(=O)OC)cc(c1OC)Cc1cc(CCCOC(=O)C(=C)COC(=O)/C=C\C(C)=O)cc(c1OC)C2. The molecule has 0 aromatic heterocycles. The second-order valence-electron chi connectivity index (χ2n) is 23.9. The van der Waals surface area contributed by atoms with Crippen LogP contribution in [-0.2, 0) is 156 Å². The van der Waals surface area contributed by atoms with E-state index in [9.17, 15) is 57.5 Å². The van der Waals surface area contributed by atoms with Gasteiger partial charge in [0, 0.05) is 62.1 Å². The number of ketones is 2. The molecule has 26 nitrogen and oxygen atoms in total. The monoisotopic (exact) mass is 1460 g/mol. The Bertz CT molecular complexity index is 3820. The fourth-order valence-electron chi connectivity index (χ4n) is 10.8. The highest BCUT2D eigenvalue weighted by Gasteiger charge is 2.26. The molecular weight excluding hydrogens is 1380 g/mol. The summed E-state index contributed by atoms with van der Waals surface area (Å²) >= 11 is 0. The highest BCUT2D eigenvalue weighted by atomic mass is 16.6. The van der Waals surface area contributed by atoms with Gasteiger partial charge in [0.05, 0.1) is 91.4 Å². The third-order valence-corrected chi connectivity index (χ3v) is 15.7. The summed E-state index contributed by atoms with van der Waals surface area (Å²) in [6.45, 7) is 15.2. The lowest BCUT2D eigenvalue weighted by atomic mass is 9.87. The molecule has 0 atom stereocenters. The van der Waals surface area contributed by atoms with Crippen LogP contribution in [0.1, 0.15) is 106 Å². The van der Waals surface area contributed by atoms with Gasteiger partial charge < -0.3 is 66.3 Å². The van der Waals surface area contributed by atoms with E-state index in [1.807, 2.05) is 48.5 Å². The first kappa shape index (κ1) is 84.7. The number of allylic oxidation sites excluding steroid dienone is 2. The van der Waals surface area contributed by atoms with Crippen molar-refractivity contribution >= 4 is 71.3 Å². The molecule has 0 heterocycles. The summed E-state index contributed by atoms with van der Waals surface area (Å²) in [5, 5.41) is 0. The van der Waals surface area contributed by atoms with Gasteiger partial charge in [-0.1, -0.05) is 74.8 Å². The zero-order chi connectivity index (χ0) is 77.8. The molecule has 0 spiro atoms. The van der Waals surface area contributed by atoms with E-state index in [4.69, 9.17) is 56.8 Å². The summed E-state index contributed by atoms with van der Waals surface area (Å²) in [6.07, 6.45) is 11.1. The van der Waals surface area contributed by atoms with E-state index in [2.05, 4.69) is 35.8 Å². The van der Waals surface area contributed by atoms with Crippen LogP contribution in [0.2, 0.25) is 0 Å². The quantitative estimate of drug-likeness (QED) is 0.0154. The molecule has 4 aromatic rings. The van der Waals surface area contributed by atoms with Crippen molar-refractivity contribution in [1.29, 1.82) is 0 Å². The fraction of sp³-hybridized carbons (Fsp3) is 0.350. The second-order valence-corrected chi connectivity index (χ2v) is 23.9. The zero-order valence-electron chi connectivity index (χ0n) is 60.8. The highest BCUT2D eigenvalue weighted by Crippen LogP contribution is 2.41. The fourth-order valence-corrected chi connectivity index (χ4v) is 10.8. The van der Waals surface area contributed by atoms with Gasteiger partial charge in [0.15, 0.2) is 11.6 Å². The number of carbonyl (C=O) groups is 12. The van der Waals surface area contributed by atoms with Gasteiger partial charge in [-0.2, -0.15) is 0 Å². The first-order chi connectivity index (χ1) is 50.7. The highest BCUT2D eigenvalue weighted by molar-refractivity contribution is 5.97. The first-order valence-electron chi connectivity index (χ1n) is 33.4. The second kappa shape index (κ2) is 43.9. The van der Waals surface area contributed by atoms with Gasteiger partial charge in [-0.3, -0.25) is 9.59 Å². The minimum absolute atomic E-state index is 0.0509. The molecule has 0 radical (unpaired) electrons. The molecule has 0 unspecified atom stereocenters. The molecule has 0 saturated carbocycles. The van der Waals surface area contributed by atoms with Crippen LogP contribution >= 0.6 is 0 Å². The lowest BCUT2D eigenvalue weighted by Crippen LogP contribution is -2.15. The van der Waals surface area contributed by atoms with Crippen molar-refractivity contribution < 1.29 is 124 Å². The molecule has 0 aliphatic heterocycles. The van der Waals surface area contributed by atoms with Crippen molar-refractivity contribution in [1.82, 2.24) is 0 Å². The zero-order valence-corrected chi connectivity index (χ0v) is 60.8. The Morgan fingerprint density at radius 2 is 0.481 bits per heavy atom. The number of carbonyl (C=O) groups excluding carboxylic acids is 12. The molecular formula is C80H88O26. The summed E-state index contributed by atoms with van der Waals surface area (Å²) in [5.74, 6) is -6.81. The number of hydrogen-bond donors (Lipinski definition) is 0. The molecule has 8 bridgehead atoms. The molecule has 564 valence electrons. The van der Waals surface area contributed by atoms with Crippen LogP contribution < -0.4 is 18.9 Å². The van der Waals surface area contributed by atoms with E-state index < -0.39 is 86.1 Å². The number of esters is 10. The summed E-state index contributed by atoms with van der Waals surface area (Å²) in [7, 11) is 8.57. The molecule has 1 aliphatic carbocycles. The number of aryl methyl sites for hydroxylation is 4. The van der Waals surface area contributed by atoms with Gasteiger partial charge in [0.1, 0.15) is 49.4 Å². The van der Waals surface area contributed by atoms with Crippen LogP contribution in [0.25, 0.3) is 0 Å². The lowest BCUT2D eigenvalue weighted by Gasteiger charge is -2.23. The molecule has 26 heteroatoms. The molecule has 4 aromatic carbocycles. The molecule has 0 amide bonds. The minimum atomic E-state index is -0.907. The van der Waals surface area contributed by atoms with Gasteiger partial charge in [0.2, 0.25) is 0 Å². The Labute approximate surface area is 614 Å². The number of fused-ring (bicyclic) bond motifs is 8. The predicted molar refractivity (Wildman–Crippen MR) is 383 cm³/mol. The molecule has 1 aliphatic rings. The van der Waals surface area contributed by atoms with Crippen molar-refractivity contribution in [2.24, 2.45) is 0 Å². The normalized spacial score (nSPS) is 11.5. The predicted octanol–water partition coefficient (Wildman–Crippen LogP) is 8.45. The van der Waals surface area contributed by atoms with Gasteiger partial charge >= 0.3 is 59.7 Å². The third kappa shape index (κ3) is 28.3. The van der Waals surface area contributed by atoms with Crippen LogP contribution in [0.5, 0.6) is 23.0 Å². The van der Waals surface area contributed by atoms with Gasteiger partial charge in [-0.15, -0.1) is 0 Å². The Morgan fingerprint density at radius 1 is 0.292 bits per heavy atom. The van der Waals surface area contributed by atoms with Gasteiger partial charge in [0.25, 0.3) is 0 Å². The van der Waals surface area contributed by atoms with Crippen molar-refractivity contribution in [2.75, 3.05) is 95.5 Å². The smallest absolute Gasteiger partial charge is 0.336 e. The molecule has 106 heavy (non-hydrogen) atoms. The lowest BCUT2D eigenvalue weighted by molar-refractivity contribution is -0.143. The number of ether oxygens (including phenoxy) is 14. The Morgan fingerprint density at radius 3 is 0.660 bits per heavy atom. The average Bonchev–Trinajstić information content (AvgIpc) is 0.777. The standard InChI is InChI=1S/C80H88O26/c1-49(45-103-69(85)23-21-53(5)81)77(89)99-29-13-17-55-33-59-41-60-34-56(18-14-30-100-78(90)50(2)46-104-70(86)24-22-54(6)82)36-62(74(60)96-10)43-64-38-58(20-16-32-102-80(92)52(4)48-106-72(88)28-26-68(84)94-8)40-66(76(64)98-12)44-65-39-57(37-63(75(65)97-11)42-61(35-55)73(59)95-9)19-15-31-101-79(91)51(3)47-105-71(87)27-25-67(83)93-7/h21-28,33-40H,1-4,13-20,29-32,41-48H2,5-12H3/b23-21-,24-22-,27-25-,28-26-. The van der Waals surface area contributed by atoms with Crippen LogP contribution in [0, 0.1) is 0 Å². The van der Waals surface area contributed by atoms with Gasteiger partial charge in [-0.05, 0) is 144 Å². The minimum Gasteiger partial charge on any atom is -0.496 e. The largest absolute Gasteiger partial charge is 0.496 e. The van der Waals surface area contributed by atoms with E-state index in [0.29, 0.717) is 74.4 Å². The van der Waals surface area contributed by atoms with Crippen molar-refractivity contribution in [3.05, 3.63) is 213 Å². The average molecular weight is 1470 g/mol. The van der Waals surface area contributed by atoms with Crippen LogP contribution in [0.15, 0.2) is 146 Å². The van der Waals surface area contributed by atoms with Crippen molar-refractivity contribution in [3.8, 4) is 23.0 Å². The molecule has 0 N–H and O–H groups in total. The maximum atomic E-state index is 13.1. The Hall–Kier alpha value is -12.0. The first-order valence-corrected chi connectivity index (χ1v) is 33.4. The van der Waals surface area contributed by atoms with Crippen LogP contribution in [0.4, 0.5) is 0 Å². The molecule has 5 rings (SSSR count). The summed E-state index contributed by atoms with van der Waals surface area (Å²) in [6, 6.07) is 16.0. The van der Waals surface area contributed by atoms with Gasteiger partial charge in [-0.25, -0.2) is 47.9 Å². The van der Waals surface area contributed by atoms with Crippen LogP contribution in [0.3, 0.4) is 0 Å². The van der Waals surface area contributed by atoms with E-state index in [-0.39, 0.29) is 86.0 Å². The number of benzene rings is 4. The number of rotatable bonds is 40. The molecule has 0 fully saturated rings. The summed E-state index contributed by atoms with van der Waals surface area (Å²) in [5.41, 5.74) is 8.69. The summed E-state index contributed by atoms with van der Waals surface area (Å²) in [4.78, 5) is 146. The maximum absolute atomic E-state index is 13.1. The third-order valence-electron chi connectivity index (χ3n) is 15.7. The Balaban J connectivity index is 1.62. The van der Waals surface area contributed by atoms with Crippen molar-refractivity contribution in [2.45, 2.75) is 90.9 Å². The Kier molecular flexibility index (Phi) is 35.1. The van der Waals surface area contributed by atoms with E-state index in [1.54, 1.807) is 28.4 Å². The van der Waals surface area contributed by atoms with Crippen LogP contribution in [-0.4, -0.2) is 167 Å². The van der Waals surface area contributed by atoms with E-state index in [1.165, 1.54) is 13.8 Å². The summed E-state index contributed by atoms with van der Waals surface area (Å²) < 4.78 is 77.1. The van der Waals surface area contributed by atoms with E-state index in [0.717, 1.165) is 130 Å². The maximum Gasteiger partial charge on any atom is 0.336 e. The topological polar surface area (TPSA) is 334 Å². The van der Waals surface area contributed by atoms with E-state index >= 15 is 0 Å².